The average Bonchev–Trinajstić information content (AvgIpc) is 3.35. The monoisotopic (exact) mass is 497 g/mol. The molecule has 6 nitrogen and oxygen atoms in total. The summed E-state index contributed by atoms with van der Waals surface area (Å²) in [5.41, 5.74) is 4.74. The molecule has 6 heteroatoms. The van der Waals surface area contributed by atoms with Crippen molar-refractivity contribution in [3.63, 3.8) is 0 Å². The van der Waals surface area contributed by atoms with Gasteiger partial charge in [-0.3, -0.25) is 9.69 Å². The first-order valence-corrected chi connectivity index (χ1v) is 13.4. The fourth-order valence-electron chi connectivity index (χ4n) is 4.50. The lowest BCUT2D eigenvalue weighted by Crippen LogP contribution is -2.41. The molecule has 2 aromatic carbocycles. The Balaban J connectivity index is 0.00000222. The van der Waals surface area contributed by atoms with Crippen molar-refractivity contribution >= 4 is 5.91 Å². The zero-order valence-corrected chi connectivity index (χ0v) is 23.3. The van der Waals surface area contributed by atoms with Crippen molar-refractivity contribution < 1.29 is 14.3 Å². The molecule has 0 spiro atoms. The van der Waals surface area contributed by atoms with Crippen LogP contribution in [-0.2, 0) is 20.7 Å². The zero-order valence-electron chi connectivity index (χ0n) is 23.3. The van der Waals surface area contributed by atoms with Gasteiger partial charge in [-0.25, -0.2) is 0 Å². The Morgan fingerprint density at radius 1 is 1.08 bits per heavy atom. The average molecular weight is 498 g/mol. The van der Waals surface area contributed by atoms with Crippen LogP contribution < -0.4 is 5.32 Å². The SMILES string of the molecule is CC.COCCOCCNC1CCN(CC(c2ccccc2)N(C)C(=O)Cc2ccc(C)c(C)c2)C1. The lowest BCUT2D eigenvalue weighted by atomic mass is 10.0. The molecule has 1 amide bonds. The van der Waals surface area contributed by atoms with Crippen molar-refractivity contribution in [2.45, 2.75) is 52.6 Å². The first kappa shape index (κ1) is 30.0. The molecule has 0 bridgehead atoms. The maximum absolute atomic E-state index is 13.3. The van der Waals surface area contributed by atoms with Crippen LogP contribution in [0.2, 0.25) is 0 Å². The van der Waals surface area contributed by atoms with Crippen LogP contribution in [-0.4, -0.2) is 81.9 Å². The Morgan fingerprint density at radius 3 is 2.53 bits per heavy atom. The smallest absolute Gasteiger partial charge is 0.227 e. The number of hydrogen-bond acceptors (Lipinski definition) is 5. The van der Waals surface area contributed by atoms with Crippen molar-refractivity contribution in [1.29, 1.82) is 0 Å². The molecular weight excluding hydrogens is 450 g/mol. The van der Waals surface area contributed by atoms with Crippen LogP contribution in [0.5, 0.6) is 0 Å². The quantitative estimate of drug-likeness (QED) is 0.416. The summed E-state index contributed by atoms with van der Waals surface area (Å²) in [5, 5.41) is 3.61. The second-order valence-electron chi connectivity index (χ2n) is 9.33. The van der Waals surface area contributed by atoms with Crippen LogP contribution in [0.4, 0.5) is 0 Å². The van der Waals surface area contributed by atoms with Gasteiger partial charge < -0.3 is 19.7 Å². The molecule has 0 aliphatic carbocycles. The third kappa shape index (κ3) is 9.66. The summed E-state index contributed by atoms with van der Waals surface area (Å²) in [4.78, 5) is 17.7. The predicted molar refractivity (Wildman–Crippen MR) is 148 cm³/mol. The molecule has 1 aliphatic rings. The lowest BCUT2D eigenvalue weighted by molar-refractivity contribution is -0.131. The highest BCUT2D eigenvalue weighted by Gasteiger charge is 2.28. The molecule has 1 aliphatic heterocycles. The van der Waals surface area contributed by atoms with E-state index in [-0.39, 0.29) is 11.9 Å². The first-order valence-electron chi connectivity index (χ1n) is 13.4. The minimum Gasteiger partial charge on any atom is -0.382 e. The Hall–Kier alpha value is -2.25. The van der Waals surface area contributed by atoms with Gasteiger partial charge >= 0.3 is 0 Å². The number of likely N-dealkylation sites (tertiary alicyclic amines) is 1. The van der Waals surface area contributed by atoms with E-state index >= 15 is 0 Å². The van der Waals surface area contributed by atoms with Gasteiger partial charge in [-0.15, -0.1) is 0 Å². The highest BCUT2D eigenvalue weighted by Crippen LogP contribution is 2.24. The summed E-state index contributed by atoms with van der Waals surface area (Å²) in [6.45, 7) is 13.9. The number of nitrogens with zero attached hydrogens (tertiary/aromatic N) is 2. The van der Waals surface area contributed by atoms with Gasteiger partial charge in [0.15, 0.2) is 0 Å². The second-order valence-corrected chi connectivity index (χ2v) is 9.33. The number of carbonyl (C=O) groups excluding carboxylic acids is 1. The summed E-state index contributed by atoms with van der Waals surface area (Å²) >= 11 is 0. The molecule has 1 N–H and O–H groups in total. The Kier molecular flexibility index (Phi) is 13.7. The highest BCUT2D eigenvalue weighted by atomic mass is 16.5. The van der Waals surface area contributed by atoms with Crippen LogP contribution in [0.15, 0.2) is 48.5 Å². The van der Waals surface area contributed by atoms with Crippen molar-refractivity contribution in [2.24, 2.45) is 0 Å². The number of carbonyl (C=O) groups is 1. The number of ether oxygens (including phenoxy) is 2. The number of likely N-dealkylation sites (N-methyl/N-ethyl adjacent to an activating group) is 1. The fraction of sp³-hybridized carbons (Fsp3) is 0.567. The van der Waals surface area contributed by atoms with E-state index in [0.717, 1.165) is 38.2 Å². The predicted octanol–water partition coefficient (Wildman–Crippen LogP) is 4.40. The van der Waals surface area contributed by atoms with Gasteiger partial charge in [0.25, 0.3) is 0 Å². The molecule has 3 rings (SSSR count). The minimum atomic E-state index is 0.0244. The Labute approximate surface area is 219 Å². The van der Waals surface area contributed by atoms with E-state index in [4.69, 9.17) is 9.47 Å². The molecule has 200 valence electrons. The van der Waals surface area contributed by atoms with E-state index in [9.17, 15) is 4.79 Å². The molecule has 36 heavy (non-hydrogen) atoms. The minimum absolute atomic E-state index is 0.0244. The second kappa shape index (κ2) is 16.5. The topological polar surface area (TPSA) is 54.0 Å². The van der Waals surface area contributed by atoms with Crippen molar-refractivity contribution in [3.8, 4) is 0 Å². The number of aryl methyl sites for hydroxylation is 2. The molecule has 1 fully saturated rings. The molecule has 0 radical (unpaired) electrons. The van der Waals surface area contributed by atoms with E-state index in [2.05, 4.69) is 66.5 Å². The number of methoxy groups -OCH3 is 1. The first-order chi connectivity index (χ1) is 17.5. The summed E-state index contributed by atoms with van der Waals surface area (Å²) in [6, 6.07) is 17.2. The molecule has 2 unspecified atom stereocenters. The maximum Gasteiger partial charge on any atom is 0.227 e. The molecule has 0 aromatic heterocycles. The molecule has 2 aromatic rings. The van der Waals surface area contributed by atoms with Crippen LogP contribution in [0.1, 0.15) is 48.6 Å². The number of hydrogen-bond donors (Lipinski definition) is 1. The van der Waals surface area contributed by atoms with Gasteiger partial charge in [-0.1, -0.05) is 62.4 Å². The van der Waals surface area contributed by atoms with E-state index in [1.54, 1.807) is 7.11 Å². The number of benzene rings is 2. The van der Waals surface area contributed by atoms with Crippen molar-refractivity contribution in [3.05, 3.63) is 70.8 Å². The van der Waals surface area contributed by atoms with Crippen LogP contribution in [0.3, 0.4) is 0 Å². The Bertz CT molecular complexity index is 890. The van der Waals surface area contributed by atoms with Gasteiger partial charge in [0.05, 0.1) is 32.3 Å². The van der Waals surface area contributed by atoms with Gasteiger partial charge in [-0.05, 0) is 49.1 Å². The van der Waals surface area contributed by atoms with Crippen molar-refractivity contribution in [1.82, 2.24) is 15.1 Å². The van der Waals surface area contributed by atoms with Crippen LogP contribution >= 0.6 is 0 Å². The third-order valence-electron chi connectivity index (χ3n) is 6.79. The molecule has 0 saturated carbocycles. The van der Waals surface area contributed by atoms with Gasteiger partial charge in [0, 0.05) is 39.8 Å². The standard InChI is InChI=1S/C28H41N3O3.C2H6/c1-22-10-11-24(18-23(22)2)19-28(32)30(3)27(25-8-6-5-7-9-25)21-31-14-12-26(20-31)29-13-15-34-17-16-33-4;1-2/h5-11,18,26-27,29H,12-17,19-21H2,1-4H3;1-2H3. The normalized spacial score (nSPS) is 16.3. The van der Waals surface area contributed by atoms with Gasteiger partial charge in [-0.2, -0.15) is 0 Å². The molecule has 1 saturated heterocycles. The third-order valence-corrected chi connectivity index (χ3v) is 6.79. The number of nitrogens with one attached hydrogen (secondary N) is 1. The van der Waals surface area contributed by atoms with Crippen molar-refractivity contribution in [2.75, 3.05) is 60.2 Å². The van der Waals surface area contributed by atoms with Gasteiger partial charge in [0.1, 0.15) is 0 Å². The fourth-order valence-corrected chi connectivity index (χ4v) is 4.50. The summed E-state index contributed by atoms with van der Waals surface area (Å²) < 4.78 is 10.6. The van der Waals surface area contributed by atoms with E-state index in [0.29, 0.717) is 32.3 Å². The van der Waals surface area contributed by atoms with Crippen LogP contribution in [0, 0.1) is 13.8 Å². The lowest BCUT2D eigenvalue weighted by Gasteiger charge is -2.32. The van der Waals surface area contributed by atoms with E-state index in [1.807, 2.05) is 31.9 Å². The van der Waals surface area contributed by atoms with Crippen LogP contribution in [0.25, 0.3) is 0 Å². The highest BCUT2D eigenvalue weighted by molar-refractivity contribution is 5.79. The number of amides is 1. The summed E-state index contributed by atoms with van der Waals surface area (Å²) in [5.74, 6) is 0.152. The van der Waals surface area contributed by atoms with E-state index < -0.39 is 0 Å². The summed E-state index contributed by atoms with van der Waals surface area (Å²) in [6.07, 6.45) is 1.54. The number of rotatable bonds is 13. The molecule has 2 atom stereocenters. The Morgan fingerprint density at radius 2 is 1.83 bits per heavy atom. The molecule has 1 heterocycles. The van der Waals surface area contributed by atoms with Gasteiger partial charge in [0.2, 0.25) is 5.91 Å². The van der Waals surface area contributed by atoms with E-state index in [1.165, 1.54) is 16.7 Å². The molecular formula is C30H47N3O3. The largest absolute Gasteiger partial charge is 0.382 e. The summed E-state index contributed by atoms with van der Waals surface area (Å²) in [7, 11) is 3.63. The maximum atomic E-state index is 13.3. The zero-order chi connectivity index (χ0) is 26.3.